The van der Waals surface area contributed by atoms with E-state index in [4.69, 9.17) is 3.07 Å². The van der Waals surface area contributed by atoms with Crippen LogP contribution in [0, 0.1) is 5.92 Å². The Bertz CT molecular complexity index is 45.3. The lowest BCUT2D eigenvalue weighted by atomic mass is 10.1. The lowest BCUT2D eigenvalue weighted by Gasteiger charge is -2.09. The van der Waals surface area contributed by atoms with Crippen LogP contribution in [-0.2, 0) is 3.07 Å². The zero-order chi connectivity index (χ0) is 5.86. The van der Waals surface area contributed by atoms with Crippen molar-refractivity contribution in [2.75, 3.05) is 0 Å². The molecule has 0 aromatic heterocycles. The van der Waals surface area contributed by atoms with Gasteiger partial charge in [0.2, 0.25) is 0 Å². The van der Waals surface area contributed by atoms with Gasteiger partial charge >= 0.3 is 0 Å². The van der Waals surface area contributed by atoms with Crippen LogP contribution in [0.25, 0.3) is 0 Å². The molecule has 0 saturated carbocycles. The topological polar surface area (TPSA) is 9.23 Å². The van der Waals surface area contributed by atoms with Crippen molar-refractivity contribution in [1.29, 1.82) is 0 Å². The van der Waals surface area contributed by atoms with Gasteiger partial charge in [0.1, 0.15) is 23.0 Å². The van der Waals surface area contributed by atoms with Gasteiger partial charge in [-0.05, 0) is 12.8 Å². The summed E-state index contributed by atoms with van der Waals surface area (Å²) in [6.45, 7) is 6.35. The molecule has 0 fully saturated rings. The Balaban J connectivity index is 3.14. The maximum absolute atomic E-state index is 4.98. The average molecular weight is 214 g/mol. The van der Waals surface area contributed by atoms with E-state index in [9.17, 15) is 0 Å². The molecule has 0 bridgehead atoms. The third-order valence-corrected chi connectivity index (χ3v) is 1.88. The molecule has 0 N–H and O–H groups in total. The highest BCUT2D eigenvalue weighted by molar-refractivity contribution is 14.1. The van der Waals surface area contributed by atoms with Crippen LogP contribution in [-0.4, -0.2) is 6.10 Å². The highest BCUT2D eigenvalue weighted by Gasteiger charge is 2.03. The van der Waals surface area contributed by atoms with E-state index in [0.29, 0.717) is 12.0 Å². The normalized spacial score (nSPS) is 15.0. The summed E-state index contributed by atoms with van der Waals surface area (Å²) in [5.41, 5.74) is 0. The third kappa shape index (κ3) is 3.29. The Morgan fingerprint density at radius 1 is 1.29 bits per heavy atom. The van der Waals surface area contributed by atoms with Gasteiger partial charge in [0.15, 0.2) is 0 Å². The molecular weight excluding hydrogens is 203 g/mol. The molecule has 0 aliphatic rings. The van der Waals surface area contributed by atoms with Gasteiger partial charge in [0.05, 0.1) is 6.10 Å². The quantitative estimate of drug-likeness (QED) is 0.641. The summed E-state index contributed by atoms with van der Waals surface area (Å²) in [5.74, 6) is 0.636. The van der Waals surface area contributed by atoms with Crippen molar-refractivity contribution in [3.63, 3.8) is 0 Å². The summed E-state index contributed by atoms with van der Waals surface area (Å²) < 4.78 is 4.98. The van der Waals surface area contributed by atoms with Gasteiger partial charge in [-0.2, -0.15) is 0 Å². The van der Waals surface area contributed by atoms with Gasteiger partial charge in [0.25, 0.3) is 0 Å². The van der Waals surface area contributed by atoms with Crippen molar-refractivity contribution in [2.24, 2.45) is 5.92 Å². The molecule has 1 atom stereocenters. The minimum atomic E-state index is 0.389. The van der Waals surface area contributed by atoms with Gasteiger partial charge < -0.3 is 3.07 Å². The van der Waals surface area contributed by atoms with Crippen LogP contribution in [0.15, 0.2) is 0 Å². The van der Waals surface area contributed by atoms with E-state index in [-0.39, 0.29) is 0 Å². The largest absolute Gasteiger partial charge is 0.312 e. The molecular formula is C5H11IO. The zero-order valence-corrected chi connectivity index (χ0v) is 7.10. The van der Waals surface area contributed by atoms with E-state index < -0.39 is 0 Å². The molecule has 0 rings (SSSR count). The number of hydrogen-bond donors (Lipinski definition) is 0. The van der Waals surface area contributed by atoms with E-state index in [2.05, 4.69) is 20.8 Å². The first-order valence-corrected chi connectivity index (χ1v) is 3.34. The molecule has 0 spiro atoms. The Morgan fingerprint density at radius 3 is 1.71 bits per heavy atom. The highest BCUT2D eigenvalue weighted by Crippen LogP contribution is 2.07. The second-order valence-corrected chi connectivity index (χ2v) is 2.55. The first-order chi connectivity index (χ1) is 3.18. The standard InChI is InChI=1S/C5H11IO/c1-4(2)5(3)7-6/h4-5H,1-3H3. The summed E-state index contributed by atoms with van der Waals surface area (Å²) in [4.78, 5) is 0. The van der Waals surface area contributed by atoms with Crippen molar-refractivity contribution in [3.05, 3.63) is 0 Å². The minimum absolute atomic E-state index is 0.389. The molecule has 0 aromatic rings. The van der Waals surface area contributed by atoms with E-state index in [1.54, 1.807) is 0 Å². The minimum Gasteiger partial charge on any atom is -0.312 e. The Hall–Kier alpha value is 0.690. The monoisotopic (exact) mass is 214 g/mol. The fourth-order valence-corrected chi connectivity index (χ4v) is 0.690. The molecule has 2 heteroatoms. The number of rotatable bonds is 2. The predicted octanol–water partition coefficient (Wildman–Crippen LogP) is 2.40. The fraction of sp³-hybridized carbons (Fsp3) is 1.00. The SMILES string of the molecule is CC(C)C(C)OI. The van der Waals surface area contributed by atoms with Crippen molar-refractivity contribution in [3.8, 4) is 0 Å². The van der Waals surface area contributed by atoms with Crippen LogP contribution in [0.3, 0.4) is 0 Å². The maximum atomic E-state index is 4.98. The van der Waals surface area contributed by atoms with Gasteiger partial charge in [-0.15, -0.1) is 0 Å². The van der Waals surface area contributed by atoms with Gasteiger partial charge in [-0.25, -0.2) is 0 Å². The molecule has 1 nitrogen and oxygen atoms in total. The molecule has 44 valence electrons. The van der Waals surface area contributed by atoms with Crippen molar-refractivity contribution in [1.82, 2.24) is 0 Å². The summed E-state index contributed by atoms with van der Waals surface area (Å²) in [7, 11) is 0. The second kappa shape index (κ2) is 3.66. The molecule has 0 aromatic carbocycles. The lowest BCUT2D eigenvalue weighted by Crippen LogP contribution is -2.09. The fourth-order valence-electron chi connectivity index (χ4n) is 0.103. The molecule has 1 unspecified atom stereocenters. The molecule has 0 amide bonds. The second-order valence-electron chi connectivity index (χ2n) is 2.04. The van der Waals surface area contributed by atoms with Crippen molar-refractivity contribution >= 4 is 23.0 Å². The number of halogens is 1. The van der Waals surface area contributed by atoms with Crippen molar-refractivity contribution < 1.29 is 3.07 Å². The van der Waals surface area contributed by atoms with E-state index in [0.717, 1.165) is 0 Å². The summed E-state index contributed by atoms with van der Waals surface area (Å²) in [6.07, 6.45) is 0.389. The summed E-state index contributed by atoms with van der Waals surface area (Å²) in [6, 6.07) is 0. The van der Waals surface area contributed by atoms with Gasteiger partial charge in [0, 0.05) is 0 Å². The van der Waals surface area contributed by atoms with Crippen molar-refractivity contribution in [2.45, 2.75) is 26.9 Å². The maximum Gasteiger partial charge on any atom is 0.110 e. The van der Waals surface area contributed by atoms with E-state index in [1.165, 1.54) is 0 Å². The van der Waals surface area contributed by atoms with E-state index in [1.807, 2.05) is 23.0 Å². The first kappa shape index (κ1) is 7.69. The average Bonchev–Trinajstić information content (AvgIpc) is 1.65. The van der Waals surface area contributed by atoms with Crippen LogP contribution in [0.1, 0.15) is 20.8 Å². The molecule has 0 saturated heterocycles. The van der Waals surface area contributed by atoms with Crippen LogP contribution in [0.2, 0.25) is 0 Å². The Kier molecular flexibility index (Phi) is 4.02. The molecule has 7 heavy (non-hydrogen) atoms. The molecule has 0 aliphatic heterocycles. The highest BCUT2D eigenvalue weighted by atomic mass is 127. The zero-order valence-electron chi connectivity index (χ0n) is 4.94. The summed E-state index contributed by atoms with van der Waals surface area (Å²) >= 11 is 1.93. The molecule has 0 aliphatic carbocycles. The van der Waals surface area contributed by atoms with Gasteiger partial charge in [-0.1, -0.05) is 13.8 Å². The molecule has 0 radical (unpaired) electrons. The summed E-state index contributed by atoms with van der Waals surface area (Å²) in [5, 5.41) is 0. The smallest absolute Gasteiger partial charge is 0.110 e. The first-order valence-electron chi connectivity index (χ1n) is 2.46. The predicted molar refractivity (Wildman–Crippen MR) is 39.4 cm³/mol. The lowest BCUT2D eigenvalue weighted by molar-refractivity contribution is 0.238. The van der Waals surface area contributed by atoms with Crippen LogP contribution < -0.4 is 0 Å². The Morgan fingerprint density at radius 2 is 1.71 bits per heavy atom. The van der Waals surface area contributed by atoms with Crippen LogP contribution in [0.5, 0.6) is 0 Å². The number of hydrogen-bond acceptors (Lipinski definition) is 1. The van der Waals surface area contributed by atoms with E-state index >= 15 is 0 Å². The van der Waals surface area contributed by atoms with Crippen LogP contribution >= 0.6 is 23.0 Å². The van der Waals surface area contributed by atoms with Gasteiger partial charge in [-0.3, -0.25) is 0 Å². The Labute approximate surface area is 59.1 Å². The third-order valence-electron chi connectivity index (χ3n) is 1.08. The van der Waals surface area contributed by atoms with Crippen LogP contribution in [0.4, 0.5) is 0 Å². The molecule has 0 heterocycles.